The first kappa shape index (κ1) is 13.6. The Morgan fingerprint density at radius 3 is 3.06 bits per heavy atom. The second-order valence-corrected chi connectivity index (χ2v) is 6.36. The van der Waals surface area contributed by atoms with Crippen LogP contribution in [0.15, 0.2) is 17.5 Å². The van der Waals surface area contributed by atoms with E-state index in [0.29, 0.717) is 0 Å². The number of rotatable bonds is 4. The van der Waals surface area contributed by atoms with Crippen molar-refractivity contribution in [1.29, 1.82) is 5.26 Å². The van der Waals surface area contributed by atoms with Crippen LogP contribution in [-0.4, -0.2) is 5.54 Å². The van der Waals surface area contributed by atoms with Crippen LogP contribution >= 0.6 is 11.3 Å². The average Bonchev–Trinajstić information content (AvgIpc) is 2.83. The highest BCUT2D eigenvalue weighted by molar-refractivity contribution is 7.09. The maximum atomic E-state index is 9.55. The van der Waals surface area contributed by atoms with Crippen LogP contribution in [0.5, 0.6) is 0 Å². The van der Waals surface area contributed by atoms with Gasteiger partial charge in [-0.15, -0.1) is 11.3 Å². The van der Waals surface area contributed by atoms with E-state index in [9.17, 15) is 5.26 Å². The lowest BCUT2D eigenvalue weighted by atomic mass is 9.90. The average molecular weight is 262 g/mol. The minimum Gasteiger partial charge on any atom is -0.294 e. The summed E-state index contributed by atoms with van der Waals surface area (Å²) in [7, 11) is 0. The highest BCUT2D eigenvalue weighted by Gasteiger charge is 2.32. The van der Waals surface area contributed by atoms with Crippen molar-refractivity contribution in [3.63, 3.8) is 0 Å². The molecule has 0 spiro atoms. The molecule has 98 valence electrons. The van der Waals surface area contributed by atoms with Crippen molar-refractivity contribution >= 4 is 11.3 Å². The van der Waals surface area contributed by atoms with Crippen LogP contribution in [0.3, 0.4) is 0 Å². The first-order valence-electron chi connectivity index (χ1n) is 6.96. The molecule has 0 saturated heterocycles. The first-order valence-corrected chi connectivity index (χ1v) is 7.84. The Balaban J connectivity index is 1.95. The van der Waals surface area contributed by atoms with Gasteiger partial charge >= 0.3 is 0 Å². The van der Waals surface area contributed by atoms with Gasteiger partial charge in [0.1, 0.15) is 5.54 Å². The Morgan fingerprint density at radius 1 is 1.50 bits per heavy atom. The number of hydrogen-bond donors (Lipinski definition) is 1. The van der Waals surface area contributed by atoms with Gasteiger partial charge in [-0.25, -0.2) is 0 Å². The van der Waals surface area contributed by atoms with Crippen LogP contribution in [0.1, 0.15) is 50.3 Å². The molecule has 0 aliphatic heterocycles. The Kier molecular flexibility index (Phi) is 4.79. The molecule has 1 aliphatic rings. The zero-order chi connectivity index (χ0) is 12.8. The maximum Gasteiger partial charge on any atom is 0.107 e. The summed E-state index contributed by atoms with van der Waals surface area (Å²) in [6.07, 6.45) is 6.94. The molecule has 0 bridgehead atoms. The minimum atomic E-state index is -0.284. The minimum absolute atomic E-state index is 0.284. The van der Waals surface area contributed by atoms with Crippen LogP contribution in [0.25, 0.3) is 0 Å². The fourth-order valence-electron chi connectivity index (χ4n) is 2.82. The summed E-state index contributed by atoms with van der Waals surface area (Å²) in [6, 6.07) is 6.76. The van der Waals surface area contributed by atoms with E-state index in [1.165, 1.54) is 30.6 Å². The number of hydrogen-bond acceptors (Lipinski definition) is 3. The summed E-state index contributed by atoms with van der Waals surface area (Å²) < 4.78 is 0. The molecule has 1 aromatic rings. The molecular weight excluding hydrogens is 240 g/mol. The Bertz CT molecular complexity index is 393. The number of nitrogens with one attached hydrogen (secondary N) is 1. The van der Waals surface area contributed by atoms with Crippen LogP contribution in [-0.2, 0) is 6.54 Å². The molecule has 1 fully saturated rings. The van der Waals surface area contributed by atoms with Crippen LogP contribution < -0.4 is 5.32 Å². The van der Waals surface area contributed by atoms with Gasteiger partial charge < -0.3 is 0 Å². The van der Waals surface area contributed by atoms with Crippen LogP contribution in [0, 0.1) is 17.2 Å². The lowest BCUT2D eigenvalue weighted by molar-refractivity contribution is 0.356. The van der Waals surface area contributed by atoms with Gasteiger partial charge in [0, 0.05) is 11.4 Å². The summed E-state index contributed by atoms with van der Waals surface area (Å²) >= 11 is 1.76. The molecule has 2 rings (SSSR count). The molecule has 0 radical (unpaired) electrons. The summed E-state index contributed by atoms with van der Waals surface area (Å²) in [5.41, 5.74) is -0.284. The zero-order valence-electron chi connectivity index (χ0n) is 11.1. The molecule has 1 aliphatic carbocycles. The maximum absolute atomic E-state index is 9.55. The molecule has 1 saturated carbocycles. The molecule has 0 aromatic carbocycles. The van der Waals surface area contributed by atoms with E-state index in [1.54, 1.807) is 11.3 Å². The molecule has 2 unspecified atom stereocenters. The summed E-state index contributed by atoms with van der Waals surface area (Å²) in [5, 5.41) is 15.2. The van der Waals surface area contributed by atoms with Crippen LogP contribution in [0.2, 0.25) is 0 Å². The van der Waals surface area contributed by atoms with E-state index in [4.69, 9.17) is 0 Å². The SMILES string of the molecule is CCC1CCCC(C#N)(NCc2cccs2)CC1. The van der Waals surface area contributed by atoms with Gasteiger partial charge in [0.05, 0.1) is 6.07 Å². The topological polar surface area (TPSA) is 35.8 Å². The second kappa shape index (κ2) is 6.36. The smallest absolute Gasteiger partial charge is 0.107 e. The number of nitrogens with zero attached hydrogens (tertiary/aromatic N) is 1. The Hall–Kier alpha value is -0.850. The van der Waals surface area contributed by atoms with E-state index in [-0.39, 0.29) is 5.54 Å². The van der Waals surface area contributed by atoms with Gasteiger partial charge in [-0.3, -0.25) is 5.32 Å². The molecule has 3 heteroatoms. The Morgan fingerprint density at radius 2 is 2.39 bits per heavy atom. The molecular formula is C15H22N2S. The molecule has 0 amide bonds. The van der Waals surface area contributed by atoms with Crippen molar-refractivity contribution in [2.75, 3.05) is 0 Å². The third kappa shape index (κ3) is 3.34. The van der Waals surface area contributed by atoms with Gasteiger partial charge in [0.2, 0.25) is 0 Å². The quantitative estimate of drug-likeness (QED) is 0.830. The summed E-state index contributed by atoms with van der Waals surface area (Å²) in [5.74, 6) is 0.823. The van der Waals surface area contributed by atoms with Crippen molar-refractivity contribution in [3.8, 4) is 6.07 Å². The molecule has 1 aromatic heterocycles. The highest BCUT2D eigenvalue weighted by Crippen LogP contribution is 2.32. The largest absolute Gasteiger partial charge is 0.294 e. The van der Waals surface area contributed by atoms with Crippen molar-refractivity contribution in [3.05, 3.63) is 22.4 Å². The first-order chi connectivity index (χ1) is 8.78. The van der Waals surface area contributed by atoms with E-state index < -0.39 is 0 Å². The van der Waals surface area contributed by atoms with Crippen LogP contribution in [0.4, 0.5) is 0 Å². The Labute approximate surface area is 114 Å². The monoisotopic (exact) mass is 262 g/mol. The number of nitriles is 1. The fraction of sp³-hybridized carbons (Fsp3) is 0.667. The lowest BCUT2D eigenvalue weighted by Gasteiger charge is -2.26. The van der Waals surface area contributed by atoms with E-state index in [1.807, 2.05) is 0 Å². The van der Waals surface area contributed by atoms with Gasteiger partial charge in [0.25, 0.3) is 0 Å². The second-order valence-electron chi connectivity index (χ2n) is 5.33. The van der Waals surface area contributed by atoms with Gasteiger partial charge in [-0.1, -0.05) is 32.3 Å². The van der Waals surface area contributed by atoms with Crippen molar-refractivity contribution in [2.45, 2.75) is 57.5 Å². The third-order valence-corrected chi connectivity index (χ3v) is 5.04. The summed E-state index contributed by atoms with van der Waals surface area (Å²) in [4.78, 5) is 1.32. The third-order valence-electron chi connectivity index (χ3n) is 4.17. The van der Waals surface area contributed by atoms with E-state index in [0.717, 1.165) is 25.3 Å². The lowest BCUT2D eigenvalue weighted by Crippen LogP contribution is -2.42. The van der Waals surface area contributed by atoms with Gasteiger partial charge in [0.15, 0.2) is 0 Å². The van der Waals surface area contributed by atoms with Crippen molar-refractivity contribution < 1.29 is 0 Å². The zero-order valence-corrected chi connectivity index (χ0v) is 11.9. The van der Waals surface area contributed by atoms with Crippen molar-refractivity contribution in [1.82, 2.24) is 5.32 Å². The molecule has 1 N–H and O–H groups in total. The van der Waals surface area contributed by atoms with Crippen molar-refractivity contribution in [2.24, 2.45) is 5.92 Å². The standard InChI is InChI=1S/C15H22N2S/c1-2-13-5-3-8-15(12-16,9-7-13)17-11-14-6-4-10-18-14/h4,6,10,13,17H,2-3,5,7-9,11H2,1H3. The molecule has 2 nitrogen and oxygen atoms in total. The normalized spacial score (nSPS) is 28.6. The fourth-order valence-corrected chi connectivity index (χ4v) is 3.46. The number of thiophene rings is 1. The molecule has 1 heterocycles. The van der Waals surface area contributed by atoms with E-state index >= 15 is 0 Å². The predicted molar refractivity (Wildman–Crippen MR) is 76.4 cm³/mol. The summed E-state index contributed by atoms with van der Waals surface area (Å²) in [6.45, 7) is 3.10. The predicted octanol–water partition coefficient (Wildman–Crippen LogP) is 4.09. The van der Waals surface area contributed by atoms with Gasteiger partial charge in [-0.2, -0.15) is 5.26 Å². The molecule has 18 heavy (non-hydrogen) atoms. The highest BCUT2D eigenvalue weighted by atomic mass is 32.1. The van der Waals surface area contributed by atoms with Gasteiger partial charge in [-0.05, 0) is 36.6 Å². The molecule has 2 atom stereocenters. The van der Waals surface area contributed by atoms with E-state index in [2.05, 4.69) is 35.8 Å².